The molecule has 0 aliphatic rings. The van der Waals surface area contributed by atoms with Crippen LogP contribution in [0.3, 0.4) is 0 Å². The van der Waals surface area contributed by atoms with E-state index in [0.717, 1.165) is 0 Å². The first-order valence-corrected chi connectivity index (χ1v) is 8.66. The van der Waals surface area contributed by atoms with Crippen LogP contribution >= 0.6 is 0 Å². The molecule has 2 aromatic rings. The highest BCUT2D eigenvalue weighted by molar-refractivity contribution is 5.99. The van der Waals surface area contributed by atoms with Crippen LogP contribution in [0.25, 0.3) is 0 Å². The fourth-order valence-electron chi connectivity index (χ4n) is 2.36. The standard InChI is InChI=1S/C20H23N3O5/c1-4-28-20(26)22-16-7-5-14(6-8-16)19(25)23(2)13-18(24)21-15-9-11-17(27-3)12-10-15/h5-12H,4,13H2,1-3H3,(H,21,24)(H,22,26). The number of anilines is 2. The lowest BCUT2D eigenvalue weighted by molar-refractivity contribution is -0.116. The zero-order valence-electron chi connectivity index (χ0n) is 16.0. The lowest BCUT2D eigenvalue weighted by Gasteiger charge is -2.17. The Balaban J connectivity index is 1.90. The number of nitrogens with one attached hydrogen (secondary N) is 2. The molecular formula is C20H23N3O5. The van der Waals surface area contributed by atoms with E-state index in [4.69, 9.17) is 9.47 Å². The van der Waals surface area contributed by atoms with Crippen molar-refractivity contribution in [3.05, 3.63) is 54.1 Å². The summed E-state index contributed by atoms with van der Waals surface area (Å²) in [4.78, 5) is 37.3. The lowest BCUT2D eigenvalue weighted by Crippen LogP contribution is -2.34. The Morgan fingerprint density at radius 1 is 0.929 bits per heavy atom. The third kappa shape index (κ3) is 6.01. The van der Waals surface area contributed by atoms with E-state index in [9.17, 15) is 14.4 Å². The first-order chi connectivity index (χ1) is 13.4. The van der Waals surface area contributed by atoms with E-state index in [0.29, 0.717) is 22.7 Å². The van der Waals surface area contributed by atoms with Crippen LogP contribution < -0.4 is 15.4 Å². The van der Waals surface area contributed by atoms with E-state index < -0.39 is 6.09 Å². The summed E-state index contributed by atoms with van der Waals surface area (Å²) in [7, 11) is 3.11. The molecule has 0 spiro atoms. The molecule has 0 unspecified atom stereocenters. The molecule has 148 valence electrons. The average molecular weight is 385 g/mol. The van der Waals surface area contributed by atoms with Crippen LogP contribution in [-0.4, -0.2) is 50.1 Å². The predicted molar refractivity (Wildman–Crippen MR) is 106 cm³/mol. The van der Waals surface area contributed by atoms with Crippen LogP contribution in [0.1, 0.15) is 17.3 Å². The van der Waals surface area contributed by atoms with Gasteiger partial charge in [0, 0.05) is 24.0 Å². The van der Waals surface area contributed by atoms with Crippen LogP contribution in [0.5, 0.6) is 5.75 Å². The number of amides is 3. The fourth-order valence-corrected chi connectivity index (χ4v) is 2.36. The summed E-state index contributed by atoms with van der Waals surface area (Å²) in [6.07, 6.45) is -0.561. The van der Waals surface area contributed by atoms with E-state index in [1.54, 1.807) is 69.6 Å². The lowest BCUT2D eigenvalue weighted by atomic mass is 10.2. The minimum atomic E-state index is -0.561. The smallest absolute Gasteiger partial charge is 0.411 e. The molecule has 0 atom stereocenters. The maximum absolute atomic E-state index is 12.5. The number of hydrogen-bond donors (Lipinski definition) is 2. The SMILES string of the molecule is CCOC(=O)Nc1ccc(C(=O)N(C)CC(=O)Nc2ccc(OC)cc2)cc1. The largest absolute Gasteiger partial charge is 0.497 e. The number of methoxy groups -OCH3 is 1. The van der Waals surface area contributed by atoms with Crippen LogP contribution in [0.15, 0.2) is 48.5 Å². The van der Waals surface area contributed by atoms with Crippen molar-refractivity contribution in [2.24, 2.45) is 0 Å². The molecule has 0 bridgehead atoms. The molecular weight excluding hydrogens is 362 g/mol. The number of ether oxygens (including phenoxy) is 2. The molecule has 2 aromatic carbocycles. The summed E-state index contributed by atoms with van der Waals surface area (Å²) < 4.78 is 9.86. The Morgan fingerprint density at radius 3 is 2.07 bits per heavy atom. The van der Waals surface area contributed by atoms with Gasteiger partial charge < -0.3 is 19.7 Å². The number of nitrogens with zero attached hydrogens (tertiary/aromatic N) is 1. The van der Waals surface area contributed by atoms with Crippen molar-refractivity contribution < 1.29 is 23.9 Å². The third-order valence-electron chi connectivity index (χ3n) is 3.75. The van der Waals surface area contributed by atoms with Crippen LogP contribution in [0.4, 0.5) is 16.2 Å². The molecule has 0 saturated heterocycles. The second-order valence-electron chi connectivity index (χ2n) is 5.86. The number of likely N-dealkylation sites (N-methyl/N-ethyl adjacent to an activating group) is 1. The average Bonchev–Trinajstić information content (AvgIpc) is 2.68. The van der Waals surface area contributed by atoms with Crippen molar-refractivity contribution in [1.29, 1.82) is 0 Å². The predicted octanol–water partition coefficient (Wildman–Crippen LogP) is 2.97. The van der Waals surface area contributed by atoms with E-state index in [-0.39, 0.29) is 25.0 Å². The number of carbonyl (C=O) groups excluding carboxylic acids is 3. The maximum Gasteiger partial charge on any atom is 0.411 e. The first kappa shape index (κ1) is 20.8. The monoisotopic (exact) mass is 385 g/mol. The molecule has 28 heavy (non-hydrogen) atoms. The Morgan fingerprint density at radius 2 is 1.50 bits per heavy atom. The summed E-state index contributed by atoms with van der Waals surface area (Å²) in [5.41, 5.74) is 1.52. The molecule has 8 heteroatoms. The van der Waals surface area contributed by atoms with Gasteiger partial charge >= 0.3 is 6.09 Å². The molecule has 0 heterocycles. The van der Waals surface area contributed by atoms with Crippen LogP contribution in [0, 0.1) is 0 Å². The minimum Gasteiger partial charge on any atom is -0.497 e. The number of rotatable bonds is 7. The number of carbonyl (C=O) groups is 3. The van der Waals surface area contributed by atoms with Crippen molar-refractivity contribution >= 4 is 29.3 Å². The van der Waals surface area contributed by atoms with Crippen molar-refractivity contribution in [2.45, 2.75) is 6.92 Å². The Kier molecular flexibility index (Phi) is 7.38. The van der Waals surface area contributed by atoms with Crippen molar-refractivity contribution in [3.8, 4) is 5.75 Å². The van der Waals surface area contributed by atoms with Gasteiger partial charge in [-0.15, -0.1) is 0 Å². The van der Waals surface area contributed by atoms with E-state index in [1.165, 1.54) is 4.90 Å². The Hall–Kier alpha value is -3.55. The van der Waals surface area contributed by atoms with Gasteiger partial charge in [0.05, 0.1) is 20.3 Å². The quantitative estimate of drug-likeness (QED) is 0.764. The molecule has 8 nitrogen and oxygen atoms in total. The van der Waals surface area contributed by atoms with Crippen LogP contribution in [0.2, 0.25) is 0 Å². The summed E-state index contributed by atoms with van der Waals surface area (Å²) in [6, 6.07) is 13.2. The normalized spacial score (nSPS) is 9.96. The Bertz CT molecular complexity index is 819. The third-order valence-corrected chi connectivity index (χ3v) is 3.75. The van der Waals surface area contributed by atoms with Crippen molar-refractivity contribution in [3.63, 3.8) is 0 Å². The molecule has 2 N–H and O–H groups in total. The highest BCUT2D eigenvalue weighted by atomic mass is 16.5. The fraction of sp³-hybridized carbons (Fsp3) is 0.250. The molecule has 0 saturated carbocycles. The second-order valence-corrected chi connectivity index (χ2v) is 5.86. The van der Waals surface area contributed by atoms with Gasteiger partial charge in [0.25, 0.3) is 5.91 Å². The van der Waals surface area contributed by atoms with Gasteiger partial charge in [-0.25, -0.2) is 4.79 Å². The molecule has 2 rings (SSSR count). The molecule has 0 radical (unpaired) electrons. The van der Waals surface area contributed by atoms with Gasteiger partial charge in [-0.3, -0.25) is 14.9 Å². The van der Waals surface area contributed by atoms with Gasteiger partial charge in [0.1, 0.15) is 5.75 Å². The number of hydrogen-bond acceptors (Lipinski definition) is 5. The van der Waals surface area contributed by atoms with Gasteiger partial charge in [-0.05, 0) is 55.5 Å². The second kappa shape index (κ2) is 9.96. The summed E-state index contributed by atoms with van der Waals surface area (Å²) in [5, 5.41) is 5.27. The molecule has 0 aliphatic carbocycles. The number of benzene rings is 2. The van der Waals surface area contributed by atoms with E-state index in [1.807, 2.05) is 0 Å². The Labute approximate surface area is 163 Å². The van der Waals surface area contributed by atoms with Crippen molar-refractivity contribution in [2.75, 3.05) is 37.9 Å². The summed E-state index contributed by atoms with van der Waals surface area (Å²) in [5.74, 6) is 0.0559. The first-order valence-electron chi connectivity index (χ1n) is 8.66. The molecule has 0 aliphatic heterocycles. The highest BCUT2D eigenvalue weighted by Crippen LogP contribution is 2.15. The van der Waals surface area contributed by atoms with Gasteiger partial charge in [-0.2, -0.15) is 0 Å². The maximum atomic E-state index is 12.5. The van der Waals surface area contributed by atoms with Gasteiger partial charge in [0.15, 0.2) is 0 Å². The zero-order chi connectivity index (χ0) is 20.5. The topological polar surface area (TPSA) is 97.0 Å². The highest BCUT2D eigenvalue weighted by Gasteiger charge is 2.15. The van der Waals surface area contributed by atoms with Crippen LogP contribution in [-0.2, 0) is 9.53 Å². The van der Waals surface area contributed by atoms with E-state index in [2.05, 4.69) is 10.6 Å². The van der Waals surface area contributed by atoms with Gasteiger partial charge in [0.2, 0.25) is 5.91 Å². The molecule has 3 amide bonds. The van der Waals surface area contributed by atoms with Gasteiger partial charge in [-0.1, -0.05) is 0 Å². The molecule has 0 fully saturated rings. The van der Waals surface area contributed by atoms with E-state index >= 15 is 0 Å². The zero-order valence-corrected chi connectivity index (χ0v) is 16.0. The minimum absolute atomic E-state index is 0.103. The summed E-state index contributed by atoms with van der Waals surface area (Å²) in [6.45, 7) is 1.88. The molecule has 0 aromatic heterocycles. The summed E-state index contributed by atoms with van der Waals surface area (Å²) >= 11 is 0. The van der Waals surface area contributed by atoms with Crippen molar-refractivity contribution in [1.82, 2.24) is 4.90 Å².